The van der Waals surface area contributed by atoms with Gasteiger partial charge in [-0.05, 0) is 31.7 Å². The Hall–Kier alpha value is -0.540. The molecule has 0 bridgehead atoms. The molecule has 0 saturated heterocycles. The maximum absolute atomic E-state index is 6.37. The fraction of sp³-hybridized carbons (Fsp3) is 0.786. The van der Waals surface area contributed by atoms with Crippen LogP contribution in [-0.4, -0.2) is 16.8 Å². The normalized spacial score (nSPS) is 20.2. The third kappa shape index (κ3) is 2.43. The molecule has 1 aliphatic rings. The maximum atomic E-state index is 6.37. The number of hydrogen-bond donors (Lipinski definition) is 1. The van der Waals surface area contributed by atoms with Crippen LogP contribution in [0.4, 0.5) is 0 Å². The van der Waals surface area contributed by atoms with E-state index in [4.69, 9.17) is 11.6 Å². The van der Waals surface area contributed by atoms with Crippen LogP contribution in [0.5, 0.6) is 0 Å². The molecule has 1 fully saturated rings. The third-order valence-electron chi connectivity index (χ3n) is 4.27. The first-order valence-electron chi connectivity index (χ1n) is 7.01. The Kier molecular flexibility index (Phi) is 4.33. The Morgan fingerprint density at radius 1 is 1.50 bits per heavy atom. The number of aromatic nitrogens is 2. The second kappa shape index (κ2) is 5.62. The highest BCUT2D eigenvalue weighted by Gasteiger charge is 2.39. The monoisotopic (exact) mass is 269 g/mol. The van der Waals surface area contributed by atoms with Gasteiger partial charge in [-0.15, -0.1) is 0 Å². The van der Waals surface area contributed by atoms with Crippen molar-refractivity contribution in [3.8, 4) is 0 Å². The SMILES string of the molecule is CCCn1ncc(Cl)c1C(NC)C1(C)CCCC1. The van der Waals surface area contributed by atoms with Gasteiger partial charge in [0.1, 0.15) is 0 Å². The molecule has 1 atom stereocenters. The van der Waals surface area contributed by atoms with E-state index in [0.29, 0.717) is 11.5 Å². The molecule has 18 heavy (non-hydrogen) atoms. The first-order chi connectivity index (χ1) is 8.62. The molecule has 3 nitrogen and oxygen atoms in total. The van der Waals surface area contributed by atoms with Crippen molar-refractivity contribution in [3.63, 3.8) is 0 Å². The molecule has 1 heterocycles. The van der Waals surface area contributed by atoms with E-state index in [9.17, 15) is 0 Å². The van der Waals surface area contributed by atoms with Crippen LogP contribution >= 0.6 is 11.6 Å². The number of nitrogens with one attached hydrogen (secondary N) is 1. The van der Waals surface area contributed by atoms with Crippen LogP contribution in [0.1, 0.15) is 57.7 Å². The second-order valence-electron chi connectivity index (χ2n) is 5.68. The first-order valence-corrected chi connectivity index (χ1v) is 7.38. The van der Waals surface area contributed by atoms with E-state index in [1.807, 2.05) is 7.05 Å². The molecule has 1 saturated carbocycles. The fourth-order valence-electron chi connectivity index (χ4n) is 3.34. The van der Waals surface area contributed by atoms with E-state index >= 15 is 0 Å². The molecular weight excluding hydrogens is 246 g/mol. The minimum atomic E-state index is 0.307. The minimum absolute atomic E-state index is 0.307. The molecule has 1 N–H and O–H groups in total. The van der Waals surface area contributed by atoms with E-state index in [1.165, 1.54) is 31.4 Å². The Morgan fingerprint density at radius 3 is 2.72 bits per heavy atom. The summed E-state index contributed by atoms with van der Waals surface area (Å²) in [5.41, 5.74) is 1.48. The quantitative estimate of drug-likeness (QED) is 0.881. The Bertz CT molecular complexity index is 394. The van der Waals surface area contributed by atoms with Gasteiger partial charge in [-0.1, -0.05) is 38.3 Å². The number of halogens is 1. The van der Waals surface area contributed by atoms with Crippen molar-refractivity contribution in [2.75, 3.05) is 7.05 Å². The molecule has 1 unspecified atom stereocenters. The van der Waals surface area contributed by atoms with E-state index in [-0.39, 0.29) is 0 Å². The highest BCUT2D eigenvalue weighted by molar-refractivity contribution is 6.31. The predicted octanol–water partition coefficient (Wildman–Crippen LogP) is 3.79. The van der Waals surface area contributed by atoms with E-state index in [2.05, 4.69) is 28.9 Å². The van der Waals surface area contributed by atoms with Crippen molar-refractivity contribution in [1.29, 1.82) is 0 Å². The van der Waals surface area contributed by atoms with Crippen molar-refractivity contribution in [1.82, 2.24) is 15.1 Å². The average Bonchev–Trinajstić information content (AvgIpc) is 2.92. The number of aryl methyl sites for hydroxylation is 1. The van der Waals surface area contributed by atoms with Crippen molar-refractivity contribution < 1.29 is 0 Å². The molecule has 1 aromatic heterocycles. The molecule has 0 radical (unpaired) electrons. The van der Waals surface area contributed by atoms with E-state index in [1.54, 1.807) is 6.20 Å². The molecule has 0 spiro atoms. The van der Waals surface area contributed by atoms with Gasteiger partial charge in [0.05, 0.1) is 23.0 Å². The smallest absolute Gasteiger partial charge is 0.0834 e. The van der Waals surface area contributed by atoms with Gasteiger partial charge >= 0.3 is 0 Å². The Labute approximate surface area is 115 Å². The van der Waals surface area contributed by atoms with Gasteiger partial charge in [0.2, 0.25) is 0 Å². The molecule has 2 rings (SSSR count). The molecule has 0 aliphatic heterocycles. The highest BCUT2D eigenvalue weighted by atomic mass is 35.5. The summed E-state index contributed by atoms with van der Waals surface area (Å²) in [7, 11) is 2.04. The molecule has 0 aromatic carbocycles. The molecule has 4 heteroatoms. The van der Waals surface area contributed by atoms with Crippen molar-refractivity contribution in [3.05, 3.63) is 16.9 Å². The van der Waals surface area contributed by atoms with Gasteiger partial charge in [-0.25, -0.2) is 0 Å². The lowest BCUT2D eigenvalue weighted by atomic mass is 9.79. The van der Waals surface area contributed by atoms with Gasteiger partial charge in [-0.2, -0.15) is 5.10 Å². The van der Waals surface area contributed by atoms with Crippen molar-refractivity contribution in [2.45, 2.75) is 58.5 Å². The molecule has 1 aliphatic carbocycles. The standard InChI is InChI=1S/C14H24ClN3/c1-4-9-18-12(11(15)10-17-18)13(16-3)14(2)7-5-6-8-14/h10,13,16H,4-9H2,1-3H3. The maximum Gasteiger partial charge on any atom is 0.0834 e. The summed E-state index contributed by atoms with van der Waals surface area (Å²) in [6, 6.07) is 0.307. The summed E-state index contributed by atoms with van der Waals surface area (Å²) in [6.45, 7) is 5.49. The Morgan fingerprint density at radius 2 is 2.17 bits per heavy atom. The van der Waals surface area contributed by atoms with Crippen LogP contribution in [0.15, 0.2) is 6.20 Å². The molecule has 0 amide bonds. The summed E-state index contributed by atoms with van der Waals surface area (Å²) in [4.78, 5) is 0. The Balaban J connectivity index is 2.34. The lowest BCUT2D eigenvalue weighted by Crippen LogP contribution is -2.34. The zero-order valence-corrected chi connectivity index (χ0v) is 12.4. The van der Waals surface area contributed by atoms with Gasteiger partial charge < -0.3 is 5.32 Å². The molecular formula is C14H24ClN3. The van der Waals surface area contributed by atoms with Crippen molar-refractivity contribution >= 4 is 11.6 Å². The summed E-state index contributed by atoms with van der Waals surface area (Å²) in [5, 5.41) is 8.70. The fourth-order valence-corrected chi connectivity index (χ4v) is 3.59. The van der Waals surface area contributed by atoms with Crippen LogP contribution in [-0.2, 0) is 6.54 Å². The van der Waals surface area contributed by atoms with Crippen LogP contribution in [0.3, 0.4) is 0 Å². The topological polar surface area (TPSA) is 29.9 Å². The lowest BCUT2D eigenvalue weighted by Gasteiger charge is -2.34. The van der Waals surface area contributed by atoms with Crippen molar-refractivity contribution in [2.24, 2.45) is 5.41 Å². The highest BCUT2D eigenvalue weighted by Crippen LogP contribution is 2.48. The summed E-state index contributed by atoms with van der Waals surface area (Å²) < 4.78 is 2.08. The number of hydrogen-bond acceptors (Lipinski definition) is 2. The van der Waals surface area contributed by atoms with Gasteiger partial charge in [-0.3, -0.25) is 4.68 Å². The summed E-state index contributed by atoms with van der Waals surface area (Å²) in [6.07, 6.45) is 8.06. The predicted molar refractivity (Wildman–Crippen MR) is 75.9 cm³/mol. The molecule has 1 aromatic rings. The first kappa shape index (κ1) is 13.9. The van der Waals surface area contributed by atoms with Gasteiger partial charge in [0.15, 0.2) is 0 Å². The van der Waals surface area contributed by atoms with Crippen LogP contribution in [0.2, 0.25) is 5.02 Å². The lowest BCUT2D eigenvalue weighted by molar-refractivity contribution is 0.222. The second-order valence-corrected chi connectivity index (χ2v) is 6.09. The zero-order chi connectivity index (χ0) is 13.2. The van der Waals surface area contributed by atoms with Crippen LogP contribution < -0.4 is 5.32 Å². The summed E-state index contributed by atoms with van der Waals surface area (Å²) in [5.74, 6) is 0. The zero-order valence-electron chi connectivity index (χ0n) is 11.7. The van der Waals surface area contributed by atoms with Gasteiger partial charge in [0.25, 0.3) is 0 Å². The average molecular weight is 270 g/mol. The van der Waals surface area contributed by atoms with Gasteiger partial charge in [0, 0.05) is 6.54 Å². The van der Waals surface area contributed by atoms with E-state index in [0.717, 1.165) is 18.0 Å². The minimum Gasteiger partial charge on any atom is -0.311 e. The van der Waals surface area contributed by atoms with Crippen LogP contribution in [0.25, 0.3) is 0 Å². The third-order valence-corrected chi connectivity index (χ3v) is 4.56. The number of nitrogens with zero attached hydrogens (tertiary/aromatic N) is 2. The van der Waals surface area contributed by atoms with Crippen LogP contribution in [0, 0.1) is 5.41 Å². The van der Waals surface area contributed by atoms with E-state index < -0.39 is 0 Å². The largest absolute Gasteiger partial charge is 0.311 e. The summed E-state index contributed by atoms with van der Waals surface area (Å²) >= 11 is 6.37. The number of rotatable bonds is 5. The molecule has 102 valence electrons.